The molecule has 178 valence electrons. The fourth-order valence-electron chi connectivity index (χ4n) is 6.47. The van der Waals surface area contributed by atoms with E-state index >= 15 is 0 Å². The number of rotatable bonds is 5. The third-order valence-corrected chi connectivity index (χ3v) is 8.29. The third-order valence-electron chi connectivity index (χ3n) is 8.29. The normalized spacial score (nSPS) is 32.2. The molecular formula is C26H31N5O3. The molecule has 3 saturated heterocycles. The molecule has 7 rings (SSSR count). The van der Waals surface area contributed by atoms with E-state index in [9.17, 15) is 9.90 Å². The number of aromatic nitrogens is 3. The van der Waals surface area contributed by atoms with Crippen LogP contribution in [0.3, 0.4) is 0 Å². The van der Waals surface area contributed by atoms with Crippen molar-refractivity contribution in [3.05, 3.63) is 59.5 Å². The molecule has 0 spiro atoms. The Hall–Kier alpha value is -2.97. The van der Waals surface area contributed by atoms with Crippen LogP contribution >= 0.6 is 0 Å². The minimum absolute atomic E-state index is 0.0914. The number of ether oxygens (including phenoxy) is 1. The van der Waals surface area contributed by atoms with Crippen molar-refractivity contribution < 1.29 is 14.6 Å². The molecule has 8 nitrogen and oxygen atoms in total. The second-order valence-corrected chi connectivity index (χ2v) is 10.6. The van der Waals surface area contributed by atoms with Gasteiger partial charge in [0.2, 0.25) is 5.91 Å². The summed E-state index contributed by atoms with van der Waals surface area (Å²) in [6.07, 6.45) is 3.72. The van der Waals surface area contributed by atoms with Crippen LogP contribution in [0.1, 0.15) is 43.6 Å². The van der Waals surface area contributed by atoms with Crippen molar-refractivity contribution in [1.29, 1.82) is 0 Å². The number of pyridine rings is 1. The largest absolute Gasteiger partial charge is 0.396 e. The molecule has 34 heavy (non-hydrogen) atoms. The number of aliphatic hydroxyl groups is 1. The van der Waals surface area contributed by atoms with E-state index in [1.54, 1.807) is 0 Å². The minimum atomic E-state index is -0.755. The zero-order chi connectivity index (χ0) is 23.7. The van der Waals surface area contributed by atoms with E-state index in [1.807, 2.05) is 4.52 Å². The Morgan fingerprint density at radius 2 is 2.12 bits per heavy atom. The van der Waals surface area contributed by atoms with Gasteiger partial charge in [0, 0.05) is 37.8 Å². The molecule has 1 amide bonds. The molecule has 2 bridgehead atoms. The number of carbonyl (C=O) groups is 1. The van der Waals surface area contributed by atoms with Gasteiger partial charge in [-0.3, -0.25) is 4.79 Å². The zero-order valence-electron chi connectivity index (χ0n) is 19.9. The summed E-state index contributed by atoms with van der Waals surface area (Å²) < 4.78 is 8.01. The Morgan fingerprint density at radius 1 is 1.32 bits per heavy atom. The van der Waals surface area contributed by atoms with E-state index < -0.39 is 11.1 Å². The summed E-state index contributed by atoms with van der Waals surface area (Å²) in [6.45, 7) is 8.10. The van der Waals surface area contributed by atoms with E-state index in [0.717, 1.165) is 36.4 Å². The van der Waals surface area contributed by atoms with E-state index in [-0.39, 0.29) is 23.8 Å². The van der Waals surface area contributed by atoms with Gasteiger partial charge >= 0.3 is 0 Å². The van der Waals surface area contributed by atoms with Crippen LogP contribution in [0.5, 0.6) is 0 Å². The second-order valence-electron chi connectivity index (χ2n) is 10.6. The lowest BCUT2D eigenvalue weighted by molar-refractivity contribution is -0.128. The maximum Gasteiger partial charge on any atom is 0.217 e. The fraction of sp³-hybridized carbons (Fsp3) is 0.500. The lowest BCUT2D eigenvalue weighted by Gasteiger charge is -2.50. The van der Waals surface area contributed by atoms with Gasteiger partial charge in [-0.25, -0.2) is 9.50 Å². The molecule has 1 aliphatic carbocycles. The first kappa shape index (κ1) is 21.6. The summed E-state index contributed by atoms with van der Waals surface area (Å²) in [7, 11) is 0. The van der Waals surface area contributed by atoms with Crippen LogP contribution in [-0.2, 0) is 20.5 Å². The van der Waals surface area contributed by atoms with Gasteiger partial charge in [0.15, 0.2) is 11.5 Å². The molecule has 3 aliphatic heterocycles. The Labute approximate surface area is 198 Å². The Balaban J connectivity index is 1.31. The van der Waals surface area contributed by atoms with Gasteiger partial charge < -0.3 is 20.1 Å². The summed E-state index contributed by atoms with van der Waals surface area (Å²) in [5.74, 6) is 0.209. The number of hydrogen-bond donors (Lipinski definition) is 2. The first-order chi connectivity index (χ1) is 16.3. The maximum atomic E-state index is 11.7. The molecule has 8 heteroatoms. The number of hydrogen-bond acceptors (Lipinski definition) is 6. The molecule has 5 heterocycles. The molecule has 4 aliphatic rings. The number of aryl methyl sites for hydroxylation is 1. The van der Waals surface area contributed by atoms with Crippen molar-refractivity contribution in [2.75, 3.05) is 31.2 Å². The standard InChI is InChI=1S/C26H31N5O3/c1-17-11-20(30-10-9-24(3,15-30)19-7-5-4-6-8-19)12-31-22(17)27-23(29-31)26-14-25(16-34-26,21(26)13-32)28-18(2)33/h4-8,11-12,21,32H,9-10,13-16H2,1-3H3,(H,28,33)/t21-,24+,25-,26+/m1/s1. The lowest BCUT2D eigenvalue weighted by Crippen LogP contribution is -2.67. The molecule has 3 aromatic rings. The summed E-state index contributed by atoms with van der Waals surface area (Å²) >= 11 is 0. The van der Waals surface area contributed by atoms with Gasteiger partial charge in [-0.2, -0.15) is 0 Å². The molecule has 4 fully saturated rings. The number of fused-ring (bicyclic) bond motifs is 2. The molecule has 0 radical (unpaired) electrons. The summed E-state index contributed by atoms with van der Waals surface area (Å²) in [6, 6.07) is 12.9. The summed E-state index contributed by atoms with van der Waals surface area (Å²) in [4.78, 5) is 19.0. The Bertz CT molecular complexity index is 1280. The number of nitrogens with one attached hydrogen (secondary N) is 1. The van der Waals surface area contributed by atoms with Crippen LogP contribution in [0.4, 0.5) is 5.69 Å². The highest BCUT2D eigenvalue weighted by molar-refractivity contribution is 5.74. The molecule has 2 aromatic heterocycles. The highest BCUT2D eigenvalue weighted by Crippen LogP contribution is 2.61. The van der Waals surface area contributed by atoms with Crippen LogP contribution < -0.4 is 10.2 Å². The zero-order valence-corrected chi connectivity index (χ0v) is 19.9. The average molecular weight is 462 g/mol. The summed E-state index contributed by atoms with van der Waals surface area (Å²) in [5.41, 5.74) is 3.17. The van der Waals surface area contributed by atoms with Crippen molar-refractivity contribution in [1.82, 2.24) is 19.9 Å². The van der Waals surface area contributed by atoms with Crippen molar-refractivity contribution in [2.24, 2.45) is 5.92 Å². The van der Waals surface area contributed by atoms with Crippen LogP contribution in [0.15, 0.2) is 42.6 Å². The van der Waals surface area contributed by atoms with Crippen molar-refractivity contribution in [3.8, 4) is 0 Å². The number of carbonyl (C=O) groups excluding carboxylic acids is 1. The second kappa shape index (κ2) is 7.26. The lowest BCUT2D eigenvalue weighted by atomic mass is 9.58. The van der Waals surface area contributed by atoms with Crippen LogP contribution in [0.2, 0.25) is 0 Å². The molecule has 1 saturated carbocycles. The quantitative estimate of drug-likeness (QED) is 0.606. The van der Waals surface area contributed by atoms with Crippen LogP contribution in [-0.4, -0.2) is 57.5 Å². The van der Waals surface area contributed by atoms with Crippen LogP contribution in [0.25, 0.3) is 5.65 Å². The number of nitrogens with zero attached hydrogens (tertiary/aromatic N) is 4. The minimum Gasteiger partial charge on any atom is -0.396 e. The fourth-order valence-corrected chi connectivity index (χ4v) is 6.47. The molecule has 0 unspecified atom stereocenters. The SMILES string of the molecule is CC(=O)N[C@@]12CO[C@@](c3nc4c(C)cc(N5CC[C@](C)(c6ccccc6)C5)cn4n3)(C1)[C@@H]2CO. The van der Waals surface area contributed by atoms with Gasteiger partial charge in [-0.1, -0.05) is 37.3 Å². The molecular weight excluding hydrogens is 430 g/mol. The predicted molar refractivity (Wildman–Crippen MR) is 128 cm³/mol. The molecule has 1 aromatic carbocycles. The molecule has 2 N–H and O–H groups in total. The Kier molecular flexibility index (Phi) is 4.60. The highest BCUT2D eigenvalue weighted by atomic mass is 16.5. The van der Waals surface area contributed by atoms with Gasteiger partial charge in [-0.05, 0) is 30.5 Å². The van der Waals surface area contributed by atoms with Gasteiger partial charge in [0.05, 0.1) is 30.6 Å². The van der Waals surface area contributed by atoms with Crippen LogP contribution in [0, 0.1) is 12.8 Å². The maximum absolute atomic E-state index is 11.7. The number of aliphatic hydroxyl groups excluding tert-OH is 1. The highest BCUT2D eigenvalue weighted by Gasteiger charge is 2.73. The number of amides is 1. The van der Waals surface area contributed by atoms with E-state index in [0.29, 0.717) is 18.9 Å². The van der Waals surface area contributed by atoms with Gasteiger partial charge in [0.25, 0.3) is 0 Å². The number of benzene rings is 1. The van der Waals surface area contributed by atoms with E-state index in [4.69, 9.17) is 14.8 Å². The first-order valence-corrected chi connectivity index (χ1v) is 12.0. The first-order valence-electron chi connectivity index (χ1n) is 12.0. The topological polar surface area (TPSA) is 92.0 Å². The number of anilines is 1. The van der Waals surface area contributed by atoms with Gasteiger partial charge in [0.1, 0.15) is 5.60 Å². The smallest absolute Gasteiger partial charge is 0.217 e. The van der Waals surface area contributed by atoms with E-state index in [2.05, 4.69) is 66.7 Å². The predicted octanol–water partition coefficient (Wildman–Crippen LogP) is 2.32. The average Bonchev–Trinajstić information content (AvgIpc) is 3.55. The van der Waals surface area contributed by atoms with Crippen molar-refractivity contribution >= 4 is 17.2 Å². The Morgan fingerprint density at radius 3 is 2.85 bits per heavy atom. The van der Waals surface area contributed by atoms with E-state index in [1.165, 1.54) is 12.5 Å². The third kappa shape index (κ3) is 2.94. The van der Waals surface area contributed by atoms with Crippen molar-refractivity contribution in [3.63, 3.8) is 0 Å². The monoisotopic (exact) mass is 461 g/mol. The summed E-state index contributed by atoms with van der Waals surface area (Å²) in [5, 5.41) is 18.0. The molecule has 4 atom stereocenters. The van der Waals surface area contributed by atoms with Crippen molar-refractivity contribution in [2.45, 2.75) is 50.2 Å². The van der Waals surface area contributed by atoms with Gasteiger partial charge in [-0.15, -0.1) is 5.10 Å².